The van der Waals surface area contributed by atoms with Gasteiger partial charge in [-0.05, 0) is 108 Å². The van der Waals surface area contributed by atoms with Crippen LogP contribution in [0.4, 0.5) is 34.1 Å². The zero-order chi connectivity index (χ0) is 57.9. The minimum Gasteiger partial charge on any atom is -0.454 e. The molecule has 6 aromatic heterocycles. The highest BCUT2D eigenvalue weighted by Crippen LogP contribution is 2.55. The van der Waals surface area contributed by atoms with Crippen molar-refractivity contribution in [2.45, 2.75) is 26.7 Å². The molecule has 0 atom stereocenters. The number of nitrogens with zero attached hydrogens (tertiary/aromatic N) is 4. The highest BCUT2D eigenvalue weighted by atomic mass is 16.3. The number of fused-ring (bicyclic) bond motifs is 18. The molecule has 0 amide bonds. The van der Waals surface area contributed by atoms with E-state index >= 15 is 0 Å². The number of aromatic nitrogens is 2. The fourth-order valence-electron chi connectivity index (χ4n) is 15.4. The standard InChI is InChI=1S/C82H54N4O2/c1-3-49-27-17-35-59-61-37-21-41-69(81(61)87-79(49)59)83(53-29-13-7-14-30-53)55-43-45-67-65(47-55)57-33-19-39-63-73-72(52-25-11-6-12-26-52)78-74(71(51-23-9-5-10-24-51)77(73)85(67)75(57)63)64-40-20-34-58-66-48-56(44-46-68(66)86(78)76(58)64)84(54-31-15-8-16-32-54)70-42-22-38-62-60-36-18-28-50(4-2)80(60)88-82(62)70/h5-48H,3-4H2,1-2H3. The maximum absolute atomic E-state index is 6.98. The van der Waals surface area contributed by atoms with E-state index in [0.29, 0.717) is 0 Å². The molecule has 0 spiro atoms. The first-order valence-electron chi connectivity index (χ1n) is 30.7. The first-order chi connectivity index (χ1) is 43.6. The molecule has 414 valence electrons. The zero-order valence-corrected chi connectivity index (χ0v) is 48.4. The molecule has 0 aliphatic rings. The number of aryl methyl sites for hydroxylation is 2. The SMILES string of the molecule is CCc1cccc2c1oc1c(N(c3ccccc3)c3ccc4c(c3)c3cccc5c6c(-c7ccccc7)c7c(c(-c8ccccc8)c6n4c35)c3cccc4c5cc(N(c6ccccc6)c6cccc8c6oc6c(CC)cccc68)ccc5n7c43)cccc12. The maximum atomic E-state index is 6.98. The fourth-order valence-corrected chi connectivity index (χ4v) is 15.4. The van der Waals surface area contributed by atoms with Crippen molar-refractivity contribution in [1.82, 2.24) is 8.80 Å². The molecule has 19 aromatic rings. The Morgan fingerprint density at radius 1 is 0.284 bits per heavy atom. The molecule has 0 bridgehead atoms. The van der Waals surface area contributed by atoms with E-state index in [1.54, 1.807) is 0 Å². The van der Waals surface area contributed by atoms with Gasteiger partial charge < -0.3 is 27.4 Å². The van der Waals surface area contributed by atoms with Crippen molar-refractivity contribution in [1.29, 1.82) is 0 Å². The summed E-state index contributed by atoms with van der Waals surface area (Å²) in [5.41, 5.74) is 24.3. The molecule has 13 aromatic carbocycles. The van der Waals surface area contributed by atoms with Crippen molar-refractivity contribution in [2.24, 2.45) is 0 Å². The summed E-state index contributed by atoms with van der Waals surface area (Å²) in [6.07, 6.45) is 1.78. The third-order valence-electron chi connectivity index (χ3n) is 19.1. The van der Waals surface area contributed by atoms with E-state index in [1.807, 2.05) is 0 Å². The van der Waals surface area contributed by atoms with Gasteiger partial charge in [-0.25, -0.2) is 0 Å². The van der Waals surface area contributed by atoms with Crippen molar-refractivity contribution in [3.8, 4) is 22.3 Å². The Labute approximate surface area is 505 Å². The molecule has 6 heterocycles. The Bertz CT molecular complexity index is 5640. The average molecular weight is 1130 g/mol. The Hall–Kier alpha value is -11.3. The lowest BCUT2D eigenvalue weighted by Crippen LogP contribution is -2.10. The number of benzene rings is 13. The lowest BCUT2D eigenvalue weighted by molar-refractivity contribution is 0.663. The van der Waals surface area contributed by atoms with Gasteiger partial charge in [-0.2, -0.15) is 0 Å². The van der Waals surface area contributed by atoms with Crippen molar-refractivity contribution < 1.29 is 8.83 Å². The first kappa shape index (κ1) is 49.0. The van der Waals surface area contributed by atoms with E-state index < -0.39 is 0 Å². The van der Waals surface area contributed by atoms with Crippen LogP contribution in [-0.2, 0) is 12.8 Å². The third kappa shape index (κ3) is 6.66. The van der Waals surface area contributed by atoms with E-state index in [2.05, 4.69) is 299 Å². The minimum atomic E-state index is 0.877. The van der Waals surface area contributed by atoms with E-state index in [1.165, 1.54) is 98.5 Å². The van der Waals surface area contributed by atoms with Crippen LogP contribution in [0.25, 0.3) is 142 Å². The van der Waals surface area contributed by atoms with Gasteiger partial charge in [0, 0.05) is 98.5 Å². The normalized spacial score (nSPS) is 12.3. The first-order valence-corrected chi connectivity index (χ1v) is 30.7. The summed E-state index contributed by atoms with van der Waals surface area (Å²) in [6.45, 7) is 4.40. The van der Waals surface area contributed by atoms with Gasteiger partial charge in [0.25, 0.3) is 0 Å². The molecule has 88 heavy (non-hydrogen) atoms. The second-order valence-corrected chi connectivity index (χ2v) is 23.6. The van der Waals surface area contributed by atoms with Crippen LogP contribution in [0.2, 0.25) is 0 Å². The maximum Gasteiger partial charge on any atom is 0.159 e. The van der Waals surface area contributed by atoms with Crippen molar-refractivity contribution in [2.75, 3.05) is 9.80 Å². The summed E-state index contributed by atoms with van der Waals surface area (Å²) in [6, 6.07) is 98.1. The Morgan fingerprint density at radius 3 is 1.05 bits per heavy atom. The number of para-hydroxylation sites is 8. The quantitative estimate of drug-likeness (QED) is 0.137. The Kier molecular flexibility index (Phi) is 10.3. The van der Waals surface area contributed by atoms with Crippen LogP contribution in [0, 0.1) is 0 Å². The Morgan fingerprint density at radius 2 is 0.636 bits per heavy atom. The number of furan rings is 2. The van der Waals surface area contributed by atoms with Crippen LogP contribution < -0.4 is 9.80 Å². The van der Waals surface area contributed by atoms with Crippen LogP contribution in [0.3, 0.4) is 0 Å². The van der Waals surface area contributed by atoms with Crippen LogP contribution in [0.5, 0.6) is 0 Å². The molecular weight excluding hydrogens is 1070 g/mol. The van der Waals surface area contributed by atoms with Crippen LogP contribution in [-0.4, -0.2) is 8.80 Å². The smallest absolute Gasteiger partial charge is 0.159 e. The number of rotatable bonds is 10. The van der Waals surface area contributed by atoms with Crippen LogP contribution in [0.1, 0.15) is 25.0 Å². The molecule has 19 rings (SSSR count). The second kappa shape index (κ2) is 18.6. The van der Waals surface area contributed by atoms with Gasteiger partial charge in [-0.15, -0.1) is 0 Å². The zero-order valence-electron chi connectivity index (χ0n) is 48.4. The highest BCUT2D eigenvalue weighted by molar-refractivity contribution is 6.38. The van der Waals surface area contributed by atoms with E-state index in [0.717, 1.165) is 102 Å². The molecule has 0 N–H and O–H groups in total. The predicted molar refractivity (Wildman–Crippen MR) is 369 cm³/mol. The predicted octanol–water partition coefficient (Wildman–Crippen LogP) is 23.2. The van der Waals surface area contributed by atoms with E-state index in [-0.39, 0.29) is 0 Å². The molecule has 6 nitrogen and oxygen atoms in total. The molecule has 0 saturated heterocycles. The summed E-state index contributed by atoms with van der Waals surface area (Å²) >= 11 is 0. The third-order valence-corrected chi connectivity index (χ3v) is 19.1. The van der Waals surface area contributed by atoms with Gasteiger partial charge in [0.05, 0.1) is 44.5 Å². The minimum absolute atomic E-state index is 0.877. The van der Waals surface area contributed by atoms with Crippen molar-refractivity contribution in [3.05, 3.63) is 278 Å². The molecular formula is C82H54N4O2. The fraction of sp³-hybridized carbons (Fsp3) is 0.0488. The topological polar surface area (TPSA) is 41.6 Å². The molecule has 0 fully saturated rings. The molecule has 0 unspecified atom stereocenters. The highest BCUT2D eigenvalue weighted by Gasteiger charge is 2.32. The lowest BCUT2D eigenvalue weighted by Gasteiger charge is -2.25. The van der Waals surface area contributed by atoms with Gasteiger partial charge >= 0.3 is 0 Å². The average Bonchev–Trinajstić information content (AvgIpc) is 1.51. The molecule has 0 aliphatic carbocycles. The largest absolute Gasteiger partial charge is 0.454 e. The molecule has 0 aliphatic heterocycles. The second-order valence-electron chi connectivity index (χ2n) is 23.6. The van der Waals surface area contributed by atoms with Crippen LogP contribution in [0.15, 0.2) is 276 Å². The van der Waals surface area contributed by atoms with Gasteiger partial charge in [-0.1, -0.05) is 208 Å². The number of hydrogen-bond acceptors (Lipinski definition) is 4. The van der Waals surface area contributed by atoms with Crippen molar-refractivity contribution >= 4 is 154 Å². The summed E-state index contributed by atoms with van der Waals surface area (Å²) in [5, 5.41) is 14.2. The van der Waals surface area contributed by atoms with E-state index in [4.69, 9.17) is 8.83 Å². The summed E-state index contributed by atoms with van der Waals surface area (Å²) in [7, 11) is 0. The summed E-state index contributed by atoms with van der Waals surface area (Å²) < 4.78 is 19.2. The monoisotopic (exact) mass is 1130 g/mol. The number of hydrogen-bond donors (Lipinski definition) is 0. The Balaban J connectivity index is 0.898. The number of anilines is 6. The van der Waals surface area contributed by atoms with Crippen molar-refractivity contribution in [3.63, 3.8) is 0 Å². The van der Waals surface area contributed by atoms with Gasteiger partial charge in [-0.3, -0.25) is 0 Å². The molecule has 0 saturated carbocycles. The van der Waals surface area contributed by atoms with Gasteiger partial charge in [0.1, 0.15) is 11.2 Å². The molecule has 6 heteroatoms. The van der Waals surface area contributed by atoms with Gasteiger partial charge in [0.15, 0.2) is 11.2 Å². The van der Waals surface area contributed by atoms with Gasteiger partial charge in [0.2, 0.25) is 0 Å². The summed E-state index contributed by atoms with van der Waals surface area (Å²) in [5.74, 6) is 0. The summed E-state index contributed by atoms with van der Waals surface area (Å²) in [4.78, 5) is 4.76. The van der Waals surface area contributed by atoms with Crippen LogP contribution >= 0.6 is 0 Å². The van der Waals surface area contributed by atoms with E-state index in [9.17, 15) is 0 Å². The molecule has 0 radical (unpaired) electrons. The lowest BCUT2D eigenvalue weighted by atomic mass is 9.89.